The van der Waals surface area contributed by atoms with Crippen LogP contribution in [0.15, 0.2) is 23.1 Å². The predicted octanol–water partition coefficient (Wildman–Crippen LogP) is 1.53. The van der Waals surface area contributed by atoms with Gasteiger partial charge in [-0.15, -0.1) is 0 Å². The van der Waals surface area contributed by atoms with Gasteiger partial charge in [-0.2, -0.15) is 0 Å². The molecule has 0 heterocycles. The fraction of sp³-hybridized carbons (Fsp3) is 0.455. The molecule has 0 aliphatic heterocycles. The maximum Gasteiger partial charge on any atom is 0.270 e. The molecule has 0 saturated heterocycles. The molecule has 1 unspecified atom stereocenters. The van der Waals surface area contributed by atoms with Crippen LogP contribution < -0.4 is 4.72 Å². The number of methoxy groups -OCH3 is 2. The minimum atomic E-state index is -4.06. The van der Waals surface area contributed by atoms with Crippen molar-refractivity contribution in [2.24, 2.45) is 0 Å². The number of benzene rings is 1. The summed E-state index contributed by atoms with van der Waals surface area (Å²) >= 11 is 5.81. The molecular weight excluding hydrogens is 324 g/mol. The molecule has 0 fully saturated rings. The van der Waals surface area contributed by atoms with E-state index in [4.69, 9.17) is 21.1 Å². The molecule has 1 aromatic rings. The number of nitro benzene ring substituents is 1. The van der Waals surface area contributed by atoms with E-state index >= 15 is 0 Å². The summed E-state index contributed by atoms with van der Waals surface area (Å²) in [6, 6.07) is 2.45. The van der Waals surface area contributed by atoms with E-state index in [1.165, 1.54) is 21.1 Å². The quantitative estimate of drug-likeness (QED) is 0.459. The zero-order valence-corrected chi connectivity index (χ0v) is 13.1. The number of rotatable bonds is 7. The lowest BCUT2D eigenvalue weighted by molar-refractivity contribution is -0.385. The molecule has 1 aromatic carbocycles. The fourth-order valence-electron chi connectivity index (χ4n) is 1.68. The van der Waals surface area contributed by atoms with E-state index in [1.807, 2.05) is 0 Å². The standard InChI is InChI=1S/C11H15ClN2O6S/c1-7(11(19-2)20-3)13-21(17,18)10-6-8(14(15)16)4-5-9(10)12/h4-7,11,13H,1-3H3. The second kappa shape index (κ2) is 7.14. The van der Waals surface area contributed by atoms with Gasteiger partial charge in [0.2, 0.25) is 10.0 Å². The highest BCUT2D eigenvalue weighted by Gasteiger charge is 2.26. The molecule has 10 heteroatoms. The van der Waals surface area contributed by atoms with Crippen molar-refractivity contribution in [1.82, 2.24) is 4.72 Å². The lowest BCUT2D eigenvalue weighted by atomic mass is 10.3. The first-order valence-corrected chi connectivity index (χ1v) is 7.61. The van der Waals surface area contributed by atoms with Crippen LogP contribution in [-0.2, 0) is 19.5 Å². The molecule has 8 nitrogen and oxygen atoms in total. The van der Waals surface area contributed by atoms with Crippen LogP contribution in [0.25, 0.3) is 0 Å². The Morgan fingerprint density at radius 2 is 1.90 bits per heavy atom. The van der Waals surface area contributed by atoms with Crippen molar-refractivity contribution in [3.63, 3.8) is 0 Å². The number of nitrogens with one attached hydrogen (secondary N) is 1. The molecule has 0 spiro atoms. The normalized spacial score (nSPS) is 13.4. The largest absolute Gasteiger partial charge is 0.354 e. The molecule has 1 atom stereocenters. The topological polar surface area (TPSA) is 108 Å². The average molecular weight is 339 g/mol. The van der Waals surface area contributed by atoms with E-state index in [0.29, 0.717) is 0 Å². The second-order valence-corrected chi connectivity index (χ2v) is 6.21. The minimum absolute atomic E-state index is 0.119. The number of hydrogen-bond acceptors (Lipinski definition) is 6. The summed E-state index contributed by atoms with van der Waals surface area (Å²) in [5.41, 5.74) is -0.373. The highest BCUT2D eigenvalue weighted by atomic mass is 35.5. The van der Waals surface area contributed by atoms with Gasteiger partial charge in [0.05, 0.1) is 16.0 Å². The highest BCUT2D eigenvalue weighted by molar-refractivity contribution is 7.89. The van der Waals surface area contributed by atoms with Crippen LogP contribution in [0.2, 0.25) is 5.02 Å². The summed E-state index contributed by atoms with van der Waals surface area (Å²) in [4.78, 5) is 9.64. The van der Waals surface area contributed by atoms with Crippen molar-refractivity contribution in [3.05, 3.63) is 33.3 Å². The monoisotopic (exact) mass is 338 g/mol. The molecule has 0 aromatic heterocycles. The van der Waals surface area contributed by atoms with E-state index in [-0.39, 0.29) is 15.6 Å². The Bertz CT molecular complexity index is 617. The van der Waals surface area contributed by atoms with Crippen LogP contribution in [0.1, 0.15) is 6.92 Å². The smallest absolute Gasteiger partial charge is 0.270 e. The first-order chi connectivity index (χ1) is 9.72. The summed E-state index contributed by atoms with van der Waals surface area (Å²) < 4.78 is 36.7. The average Bonchev–Trinajstić information content (AvgIpc) is 2.39. The van der Waals surface area contributed by atoms with Gasteiger partial charge in [0.15, 0.2) is 6.29 Å². The Morgan fingerprint density at radius 3 is 2.38 bits per heavy atom. The number of hydrogen-bond donors (Lipinski definition) is 1. The van der Waals surface area contributed by atoms with Crippen LogP contribution in [0, 0.1) is 10.1 Å². The molecule has 0 amide bonds. The number of non-ortho nitro benzene ring substituents is 1. The maximum absolute atomic E-state index is 12.2. The van der Waals surface area contributed by atoms with Crippen LogP contribution in [-0.4, -0.2) is 39.9 Å². The maximum atomic E-state index is 12.2. The Labute approximate surface area is 127 Å². The summed E-state index contributed by atoms with van der Waals surface area (Å²) in [6.07, 6.45) is -0.808. The van der Waals surface area contributed by atoms with Crippen molar-refractivity contribution in [1.29, 1.82) is 0 Å². The zero-order chi connectivity index (χ0) is 16.2. The third kappa shape index (κ3) is 4.35. The summed E-state index contributed by atoms with van der Waals surface area (Å²) in [5, 5.41) is 10.6. The van der Waals surface area contributed by atoms with Crippen molar-refractivity contribution < 1.29 is 22.8 Å². The van der Waals surface area contributed by atoms with Crippen molar-refractivity contribution >= 4 is 27.3 Å². The van der Waals surface area contributed by atoms with E-state index in [0.717, 1.165) is 18.2 Å². The Kier molecular flexibility index (Phi) is 6.05. The van der Waals surface area contributed by atoms with Crippen molar-refractivity contribution in [3.8, 4) is 0 Å². The summed E-state index contributed by atoms with van der Waals surface area (Å²) in [5.74, 6) is 0. The minimum Gasteiger partial charge on any atom is -0.354 e. The van der Waals surface area contributed by atoms with Gasteiger partial charge in [-0.3, -0.25) is 10.1 Å². The van der Waals surface area contributed by atoms with E-state index in [1.54, 1.807) is 0 Å². The number of nitrogens with zero attached hydrogens (tertiary/aromatic N) is 1. The zero-order valence-electron chi connectivity index (χ0n) is 11.6. The molecule has 21 heavy (non-hydrogen) atoms. The van der Waals surface area contributed by atoms with Gasteiger partial charge in [0.1, 0.15) is 4.90 Å². The third-order valence-electron chi connectivity index (χ3n) is 2.63. The molecule has 0 aliphatic rings. The van der Waals surface area contributed by atoms with Gasteiger partial charge in [0.25, 0.3) is 5.69 Å². The van der Waals surface area contributed by atoms with Crippen LogP contribution in [0.3, 0.4) is 0 Å². The Balaban J connectivity index is 3.13. The van der Waals surface area contributed by atoms with Crippen LogP contribution >= 0.6 is 11.6 Å². The molecular formula is C11H15ClN2O6S. The highest BCUT2D eigenvalue weighted by Crippen LogP contribution is 2.26. The molecule has 0 bridgehead atoms. The first kappa shape index (κ1) is 17.8. The third-order valence-corrected chi connectivity index (χ3v) is 4.67. The summed E-state index contributed by atoms with van der Waals surface area (Å²) in [6.45, 7) is 1.53. The fourth-order valence-corrected chi connectivity index (χ4v) is 3.43. The van der Waals surface area contributed by atoms with Crippen LogP contribution in [0.4, 0.5) is 5.69 Å². The lowest BCUT2D eigenvalue weighted by Gasteiger charge is -2.22. The predicted molar refractivity (Wildman–Crippen MR) is 75.7 cm³/mol. The molecule has 118 valence electrons. The van der Waals surface area contributed by atoms with Crippen molar-refractivity contribution in [2.45, 2.75) is 24.2 Å². The molecule has 0 saturated carbocycles. The van der Waals surface area contributed by atoms with E-state index in [2.05, 4.69) is 4.72 Å². The molecule has 1 N–H and O–H groups in total. The van der Waals surface area contributed by atoms with Gasteiger partial charge >= 0.3 is 0 Å². The second-order valence-electron chi connectivity index (χ2n) is 4.12. The molecule has 1 rings (SSSR count). The SMILES string of the molecule is COC(OC)C(C)NS(=O)(=O)c1cc([N+](=O)[O-])ccc1Cl. The van der Waals surface area contributed by atoms with E-state index < -0.39 is 27.3 Å². The van der Waals surface area contributed by atoms with Gasteiger partial charge in [-0.05, 0) is 13.0 Å². The Hall–Kier alpha value is -1.26. The number of nitro groups is 1. The van der Waals surface area contributed by atoms with E-state index in [9.17, 15) is 18.5 Å². The first-order valence-electron chi connectivity index (χ1n) is 5.74. The van der Waals surface area contributed by atoms with Crippen LogP contribution in [0.5, 0.6) is 0 Å². The number of ether oxygens (including phenoxy) is 2. The number of halogens is 1. The van der Waals surface area contributed by atoms with Gasteiger partial charge in [-0.25, -0.2) is 13.1 Å². The Morgan fingerprint density at radius 1 is 1.33 bits per heavy atom. The van der Waals surface area contributed by atoms with Gasteiger partial charge in [0, 0.05) is 26.4 Å². The molecule has 0 aliphatic carbocycles. The number of sulfonamides is 1. The van der Waals surface area contributed by atoms with Crippen molar-refractivity contribution in [2.75, 3.05) is 14.2 Å². The lowest BCUT2D eigenvalue weighted by Crippen LogP contribution is -2.42. The van der Waals surface area contributed by atoms with Gasteiger partial charge < -0.3 is 9.47 Å². The molecule has 0 radical (unpaired) electrons. The van der Waals surface area contributed by atoms with Gasteiger partial charge in [-0.1, -0.05) is 11.6 Å². The summed E-state index contributed by atoms with van der Waals surface area (Å²) in [7, 11) is -1.34.